The molecule has 1 aromatic heterocycles. The number of carbonyl (C=O) groups is 1. The summed E-state index contributed by atoms with van der Waals surface area (Å²) < 4.78 is 2.26. The topological polar surface area (TPSA) is 77.0 Å². The molecule has 1 fully saturated rings. The Labute approximate surface area is 154 Å². The van der Waals surface area contributed by atoms with Crippen LogP contribution in [0, 0.1) is 0 Å². The van der Waals surface area contributed by atoms with Crippen LogP contribution in [-0.2, 0) is 24.2 Å². The van der Waals surface area contributed by atoms with Gasteiger partial charge in [-0.3, -0.25) is 4.79 Å². The third-order valence-corrected chi connectivity index (χ3v) is 5.67. The van der Waals surface area contributed by atoms with Gasteiger partial charge in [0.2, 0.25) is 5.91 Å². The normalized spacial score (nSPS) is 20.0. The first-order chi connectivity index (χ1) is 12.7. The maximum absolute atomic E-state index is 13.0. The van der Waals surface area contributed by atoms with Gasteiger partial charge in [0.15, 0.2) is 5.82 Å². The third kappa shape index (κ3) is 3.32. The molecule has 2 aromatic rings. The third-order valence-electron chi connectivity index (χ3n) is 5.67. The van der Waals surface area contributed by atoms with Crippen molar-refractivity contribution in [3.8, 4) is 0 Å². The standard InChI is InChI=1S/C20H27N5O/c21-16-8-2-1-7-15(16)11-12-19(26)24-13-5-3-9-17(24)20-23-22-18-10-4-6-14-25(18)20/h1-2,7-8,17H,3-6,9-14,21H2. The number of nitrogens with zero attached hydrogens (tertiary/aromatic N) is 4. The monoisotopic (exact) mass is 353 g/mol. The number of benzene rings is 1. The van der Waals surface area contributed by atoms with Gasteiger partial charge in [-0.15, -0.1) is 10.2 Å². The van der Waals surface area contributed by atoms with E-state index in [1.54, 1.807) is 0 Å². The number of hydrogen-bond donors (Lipinski definition) is 1. The molecule has 0 spiro atoms. The molecule has 1 unspecified atom stereocenters. The molecular weight excluding hydrogens is 326 g/mol. The molecule has 1 atom stereocenters. The number of fused-ring (bicyclic) bond motifs is 1. The zero-order valence-corrected chi connectivity index (χ0v) is 15.2. The quantitative estimate of drug-likeness (QED) is 0.858. The molecule has 1 aromatic carbocycles. The molecule has 2 aliphatic heterocycles. The molecule has 4 rings (SSSR count). The average molecular weight is 353 g/mol. The predicted molar refractivity (Wildman–Crippen MR) is 100 cm³/mol. The highest BCUT2D eigenvalue weighted by atomic mass is 16.2. The van der Waals surface area contributed by atoms with Crippen LogP contribution in [0.2, 0.25) is 0 Å². The second-order valence-corrected chi connectivity index (χ2v) is 7.38. The molecular formula is C20H27N5O. The Kier molecular flexibility index (Phi) is 4.91. The molecule has 2 N–H and O–H groups in total. The number of aromatic nitrogens is 3. The van der Waals surface area contributed by atoms with Gasteiger partial charge < -0.3 is 15.2 Å². The van der Waals surface area contributed by atoms with Crippen LogP contribution in [0.25, 0.3) is 0 Å². The smallest absolute Gasteiger partial charge is 0.223 e. The van der Waals surface area contributed by atoms with Gasteiger partial charge in [-0.2, -0.15) is 0 Å². The van der Waals surface area contributed by atoms with Crippen molar-refractivity contribution in [3.05, 3.63) is 41.5 Å². The lowest BCUT2D eigenvalue weighted by atomic mass is 9.99. The largest absolute Gasteiger partial charge is 0.399 e. The van der Waals surface area contributed by atoms with E-state index in [1.165, 1.54) is 12.8 Å². The molecule has 138 valence electrons. The molecule has 0 aliphatic carbocycles. The van der Waals surface area contributed by atoms with E-state index in [0.717, 1.165) is 61.7 Å². The number of piperidine rings is 1. The van der Waals surface area contributed by atoms with Crippen LogP contribution in [0.1, 0.15) is 61.8 Å². The first-order valence-electron chi connectivity index (χ1n) is 9.79. The first kappa shape index (κ1) is 17.1. The van der Waals surface area contributed by atoms with Gasteiger partial charge in [0.05, 0.1) is 6.04 Å². The van der Waals surface area contributed by atoms with Crippen molar-refractivity contribution in [2.24, 2.45) is 0 Å². The summed E-state index contributed by atoms with van der Waals surface area (Å²) in [6.45, 7) is 1.80. The number of anilines is 1. The van der Waals surface area contributed by atoms with Crippen LogP contribution in [-0.4, -0.2) is 32.1 Å². The summed E-state index contributed by atoms with van der Waals surface area (Å²) in [5.74, 6) is 2.28. The second kappa shape index (κ2) is 7.48. The van der Waals surface area contributed by atoms with Crippen molar-refractivity contribution in [1.29, 1.82) is 0 Å². The zero-order chi connectivity index (χ0) is 17.9. The van der Waals surface area contributed by atoms with Crippen molar-refractivity contribution in [1.82, 2.24) is 19.7 Å². The van der Waals surface area contributed by atoms with Gasteiger partial charge in [0.25, 0.3) is 0 Å². The maximum atomic E-state index is 13.0. The van der Waals surface area contributed by atoms with Crippen LogP contribution in [0.15, 0.2) is 24.3 Å². The Morgan fingerprint density at radius 2 is 1.96 bits per heavy atom. The summed E-state index contributed by atoms with van der Waals surface area (Å²) in [5.41, 5.74) is 7.84. The van der Waals surface area contributed by atoms with Crippen molar-refractivity contribution in [3.63, 3.8) is 0 Å². The fourth-order valence-corrected chi connectivity index (χ4v) is 4.22. The van der Waals surface area contributed by atoms with Gasteiger partial charge in [0, 0.05) is 31.6 Å². The van der Waals surface area contributed by atoms with Crippen molar-refractivity contribution < 1.29 is 4.79 Å². The van der Waals surface area contributed by atoms with Gasteiger partial charge in [-0.25, -0.2) is 0 Å². The average Bonchev–Trinajstić information content (AvgIpc) is 3.11. The molecule has 0 bridgehead atoms. The van der Waals surface area contributed by atoms with Gasteiger partial charge in [-0.1, -0.05) is 18.2 Å². The highest BCUT2D eigenvalue weighted by molar-refractivity contribution is 5.77. The number of rotatable bonds is 4. The van der Waals surface area contributed by atoms with Gasteiger partial charge in [0.1, 0.15) is 5.82 Å². The van der Waals surface area contributed by atoms with E-state index in [0.29, 0.717) is 12.8 Å². The summed E-state index contributed by atoms with van der Waals surface area (Å²) in [5, 5.41) is 8.87. The Balaban J connectivity index is 1.49. The lowest BCUT2D eigenvalue weighted by Crippen LogP contribution is -2.40. The predicted octanol–water partition coefficient (Wildman–Crippen LogP) is 2.88. The number of likely N-dealkylation sites (tertiary alicyclic amines) is 1. The Hall–Kier alpha value is -2.37. The van der Waals surface area contributed by atoms with E-state index in [2.05, 4.69) is 14.8 Å². The van der Waals surface area contributed by atoms with Crippen molar-refractivity contribution in [2.45, 2.75) is 64.0 Å². The lowest BCUT2D eigenvalue weighted by Gasteiger charge is -2.35. The first-order valence-corrected chi connectivity index (χ1v) is 9.79. The van der Waals surface area contributed by atoms with Crippen molar-refractivity contribution in [2.75, 3.05) is 12.3 Å². The minimum atomic E-state index is 0.0729. The number of carbonyl (C=O) groups excluding carboxylic acids is 1. The number of nitrogens with two attached hydrogens (primary N) is 1. The SMILES string of the molecule is Nc1ccccc1CCC(=O)N1CCCCC1c1nnc2n1CCCC2. The highest BCUT2D eigenvalue weighted by Gasteiger charge is 2.32. The summed E-state index contributed by atoms with van der Waals surface area (Å²) in [6.07, 6.45) is 7.73. The molecule has 3 heterocycles. The Morgan fingerprint density at radius 3 is 2.85 bits per heavy atom. The number of hydrogen-bond acceptors (Lipinski definition) is 4. The molecule has 6 nitrogen and oxygen atoms in total. The van der Waals surface area contributed by atoms with E-state index in [9.17, 15) is 4.79 Å². The lowest BCUT2D eigenvalue weighted by molar-refractivity contribution is -0.135. The summed E-state index contributed by atoms with van der Waals surface area (Å²) in [7, 11) is 0. The molecule has 1 saturated heterocycles. The molecule has 2 aliphatic rings. The highest BCUT2D eigenvalue weighted by Crippen LogP contribution is 2.32. The van der Waals surface area contributed by atoms with E-state index in [-0.39, 0.29) is 11.9 Å². The molecule has 6 heteroatoms. The summed E-state index contributed by atoms with van der Waals surface area (Å²) in [4.78, 5) is 15.0. The minimum Gasteiger partial charge on any atom is -0.399 e. The number of amides is 1. The van der Waals surface area contributed by atoms with E-state index in [1.807, 2.05) is 29.2 Å². The molecule has 1 amide bonds. The molecule has 0 saturated carbocycles. The number of nitrogen functional groups attached to an aromatic ring is 1. The molecule has 26 heavy (non-hydrogen) atoms. The van der Waals surface area contributed by atoms with Crippen LogP contribution in [0.5, 0.6) is 0 Å². The number of aryl methyl sites for hydroxylation is 2. The minimum absolute atomic E-state index is 0.0729. The fourth-order valence-electron chi connectivity index (χ4n) is 4.22. The van der Waals surface area contributed by atoms with E-state index >= 15 is 0 Å². The van der Waals surface area contributed by atoms with Gasteiger partial charge >= 0.3 is 0 Å². The van der Waals surface area contributed by atoms with Crippen molar-refractivity contribution >= 4 is 11.6 Å². The molecule has 0 radical (unpaired) electrons. The van der Waals surface area contributed by atoms with Gasteiger partial charge in [-0.05, 0) is 50.2 Å². The second-order valence-electron chi connectivity index (χ2n) is 7.38. The number of para-hydroxylation sites is 1. The Morgan fingerprint density at radius 1 is 1.12 bits per heavy atom. The van der Waals surface area contributed by atoms with Crippen LogP contribution in [0.4, 0.5) is 5.69 Å². The summed E-state index contributed by atoms with van der Waals surface area (Å²) in [6, 6.07) is 7.87. The van der Waals surface area contributed by atoms with Crippen LogP contribution < -0.4 is 5.73 Å². The van der Waals surface area contributed by atoms with Crippen LogP contribution >= 0.6 is 0 Å². The van der Waals surface area contributed by atoms with E-state index < -0.39 is 0 Å². The Bertz CT molecular complexity index is 784. The van der Waals surface area contributed by atoms with Crippen LogP contribution in [0.3, 0.4) is 0 Å². The maximum Gasteiger partial charge on any atom is 0.223 e. The summed E-state index contributed by atoms with van der Waals surface area (Å²) >= 11 is 0. The van der Waals surface area contributed by atoms with E-state index in [4.69, 9.17) is 5.73 Å². The fraction of sp³-hybridized carbons (Fsp3) is 0.550. The zero-order valence-electron chi connectivity index (χ0n) is 15.2.